The molecule has 2 unspecified atom stereocenters. The van der Waals surface area contributed by atoms with Gasteiger partial charge in [0.15, 0.2) is 17.7 Å². The Kier molecular flexibility index (Phi) is 7.65. The first kappa shape index (κ1) is 27.8. The molecule has 1 aliphatic rings. The minimum absolute atomic E-state index is 0.0114. The second-order valence-electron chi connectivity index (χ2n) is 9.67. The average molecular weight is 581 g/mol. The van der Waals surface area contributed by atoms with Gasteiger partial charge >= 0.3 is 0 Å². The molecule has 5 aromatic rings. The lowest BCUT2D eigenvalue weighted by molar-refractivity contribution is -0.143. The van der Waals surface area contributed by atoms with Crippen LogP contribution in [0, 0.1) is 17.1 Å². The number of amides is 1. The number of nitrogens with zero attached hydrogens (tertiary/aromatic N) is 6. The van der Waals surface area contributed by atoms with Crippen LogP contribution in [0.4, 0.5) is 10.2 Å². The van der Waals surface area contributed by atoms with Crippen molar-refractivity contribution < 1.29 is 28.5 Å². The van der Waals surface area contributed by atoms with Gasteiger partial charge in [-0.3, -0.25) is 14.7 Å². The van der Waals surface area contributed by atoms with Gasteiger partial charge in [-0.15, -0.1) is 5.10 Å². The lowest BCUT2D eigenvalue weighted by Gasteiger charge is -2.33. The number of ether oxygens (including phenoxy) is 3. The van der Waals surface area contributed by atoms with Crippen molar-refractivity contribution in [3.63, 3.8) is 0 Å². The summed E-state index contributed by atoms with van der Waals surface area (Å²) >= 11 is 0. The van der Waals surface area contributed by atoms with Gasteiger partial charge in [-0.25, -0.2) is 14.1 Å². The molecule has 1 saturated heterocycles. The summed E-state index contributed by atoms with van der Waals surface area (Å²) < 4.78 is 33.9. The number of aromatic nitrogens is 4. The van der Waals surface area contributed by atoms with Gasteiger partial charge in [0.25, 0.3) is 5.91 Å². The Labute approximate surface area is 245 Å². The Morgan fingerprint density at radius 1 is 1.16 bits per heavy atom. The highest BCUT2D eigenvalue weighted by Gasteiger charge is 2.38. The van der Waals surface area contributed by atoms with Crippen molar-refractivity contribution in [2.24, 2.45) is 0 Å². The molecule has 12 heteroatoms. The van der Waals surface area contributed by atoms with E-state index >= 15 is 4.39 Å². The van der Waals surface area contributed by atoms with E-state index in [1.165, 1.54) is 23.1 Å². The van der Waals surface area contributed by atoms with E-state index in [1.54, 1.807) is 72.8 Å². The highest BCUT2D eigenvalue weighted by molar-refractivity contribution is 5.97. The molecule has 1 amide bonds. The van der Waals surface area contributed by atoms with Crippen molar-refractivity contribution in [3.8, 4) is 23.3 Å². The second-order valence-corrected chi connectivity index (χ2v) is 9.67. The number of nitriles is 1. The van der Waals surface area contributed by atoms with Crippen LogP contribution in [0.1, 0.15) is 22.9 Å². The van der Waals surface area contributed by atoms with E-state index in [1.807, 2.05) is 6.07 Å². The SMILES string of the molecule is COc1ccc(COc2cc(C(O)C3OCCN(c4ccn(-c5ccncc5)n4)C3=O)nc3ccc(C#N)c(F)c23)cc1. The van der Waals surface area contributed by atoms with Crippen molar-refractivity contribution in [1.29, 1.82) is 5.26 Å². The summed E-state index contributed by atoms with van der Waals surface area (Å²) in [7, 11) is 1.56. The molecule has 2 aromatic carbocycles. The number of anilines is 1. The normalized spacial score (nSPS) is 15.7. The van der Waals surface area contributed by atoms with E-state index in [9.17, 15) is 15.2 Å². The topological polar surface area (TPSA) is 136 Å². The van der Waals surface area contributed by atoms with Gasteiger partial charge in [0.05, 0.1) is 48.1 Å². The van der Waals surface area contributed by atoms with Gasteiger partial charge < -0.3 is 19.3 Å². The van der Waals surface area contributed by atoms with Crippen LogP contribution in [0.5, 0.6) is 11.5 Å². The zero-order chi connectivity index (χ0) is 29.9. The van der Waals surface area contributed by atoms with Crippen LogP contribution in [0.25, 0.3) is 16.6 Å². The number of rotatable bonds is 8. The molecule has 0 saturated carbocycles. The Balaban J connectivity index is 1.30. The molecule has 0 aliphatic carbocycles. The molecule has 43 heavy (non-hydrogen) atoms. The minimum atomic E-state index is -1.51. The highest BCUT2D eigenvalue weighted by Crippen LogP contribution is 2.34. The number of carbonyl (C=O) groups is 1. The van der Waals surface area contributed by atoms with Gasteiger partial charge in [0.1, 0.15) is 30.3 Å². The number of benzene rings is 2. The molecule has 0 bridgehead atoms. The first-order valence-electron chi connectivity index (χ1n) is 13.3. The summed E-state index contributed by atoms with van der Waals surface area (Å²) in [5.41, 5.74) is 1.56. The van der Waals surface area contributed by atoms with E-state index < -0.39 is 23.9 Å². The molecule has 3 aromatic heterocycles. The van der Waals surface area contributed by atoms with Gasteiger partial charge in [0, 0.05) is 30.7 Å². The van der Waals surface area contributed by atoms with Crippen molar-refractivity contribution >= 4 is 22.6 Å². The number of pyridine rings is 2. The van der Waals surface area contributed by atoms with Crippen molar-refractivity contribution in [1.82, 2.24) is 19.7 Å². The van der Waals surface area contributed by atoms with Crippen LogP contribution in [0.15, 0.2) is 79.3 Å². The van der Waals surface area contributed by atoms with Crippen LogP contribution in [0.2, 0.25) is 0 Å². The third-order valence-electron chi connectivity index (χ3n) is 7.06. The third-order valence-corrected chi connectivity index (χ3v) is 7.06. The van der Waals surface area contributed by atoms with Gasteiger partial charge in [0.2, 0.25) is 0 Å². The predicted molar refractivity (Wildman–Crippen MR) is 152 cm³/mol. The fourth-order valence-corrected chi connectivity index (χ4v) is 4.82. The quantitative estimate of drug-likeness (QED) is 0.290. The van der Waals surface area contributed by atoms with E-state index in [-0.39, 0.29) is 47.7 Å². The maximum Gasteiger partial charge on any atom is 0.260 e. The highest BCUT2D eigenvalue weighted by atomic mass is 19.1. The number of carbonyl (C=O) groups excluding carboxylic acids is 1. The molecular formula is C31H25FN6O5. The first-order chi connectivity index (χ1) is 21.0. The number of methoxy groups -OCH3 is 1. The molecule has 4 heterocycles. The number of aliphatic hydroxyl groups is 1. The summed E-state index contributed by atoms with van der Waals surface area (Å²) in [5, 5.41) is 25.3. The van der Waals surface area contributed by atoms with Gasteiger partial charge in [-0.2, -0.15) is 5.26 Å². The molecule has 2 atom stereocenters. The van der Waals surface area contributed by atoms with E-state index in [0.717, 1.165) is 11.3 Å². The standard InChI is InChI=1S/C31H25FN6O5/c1-41-22-5-2-19(3-6-22)18-43-25-16-24(35-23-7-4-20(17-33)28(32)27(23)25)29(39)30-31(40)37(14-15-42-30)26-10-13-38(36-26)21-8-11-34-12-9-21/h2-13,16,29-30,39H,14-15,18H2,1H3. The summed E-state index contributed by atoms with van der Waals surface area (Å²) in [4.78, 5) is 23.4. The Morgan fingerprint density at radius 3 is 2.70 bits per heavy atom. The molecule has 216 valence electrons. The van der Waals surface area contributed by atoms with Crippen LogP contribution in [-0.2, 0) is 16.1 Å². The van der Waals surface area contributed by atoms with Crippen molar-refractivity contribution in [2.45, 2.75) is 18.8 Å². The summed E-state index contributed by atoms with van der Waals surface area (Å²) in [6.07, 6.45) is 2.19. The fraction of sp³-hybridized carbons (Fsp3) is 0.194. The minimum Gasteiger partial charge on any atom is -0.497 e. The lowest BCUT2D eigenvalue weighted by atomic mass is 10.0. The third kappa shape index (κ3) is 5.46. The molecule has 0 radical (unpaired) electrons. The van der Waals surface area contributed by atoms with Crippen LogP contribution < -0.4 is 14.4 Å². The maximum absolute atomic E-state index is 15.3. The number of hydrogen-bond donors (Lipinski definition) is 1. The molecule has 0 spiro atoms. The predicted octanol–water partition coefficient (Wildman–Crippen LogP) is 3.88. The average Bonchev–Trinajstić information content (AvgIpc) is 3.54. The number of fused-ring (bicyclic) bond motifs is 1. The van der Waals surface area contributed by atoms with Gasteiger partial charge in [-0.1, -0.05) is 12.1 Å². The molecule has 1 fully saturated rings. The number of hydrogen-bond acceptors (Lipinski definition) is 9. The van der Waals surface area contributed by atoms with E-state index in [0.29, 0.717) is 11.6 Å². The molecule has 11 nitrogen and oxygen atoms in total. The van der Waals surface area contributed by atoms with Crippen molar-refractivity contribution in [2.75, 3.05) is 25.2 Å². The fourth-order valence-electron chi connectivity index (χ4n) is 4.82. The molecule has 1 N–H and O–H groups in total. The zero-order valence-corrected chi connectivity index (χ0v) is 22.9. The second kappa shape index (κ2) is 11.8. The van der Waals surface area contributed by atoms with E-state index in [2.05, 4.69) is 15.1 Å². The molecule has 1 aliphatic heterocycles. The molecular weight excluding hydrogens is 555 g/mol. The van der Waals surface area contributed by atoms with Crippen LogP contribution >= 0.6 is 0 Å². The first-order valence-corrected chi connectivity index (χ1v) is 13.3. The number of aliphatic hydroxyl groups excluding tert-OH is 1. The van der Waals surface area contributed by atoms with Crippen molar-refractivity contribution in [3.05, 3.63) is 102 Å². The molecule has 6 rings (SSSR count). The lowest BCUT2D eigenvalue weighted by Crippen LogP contribution is -2.50. The Morgan fingerprint density at radius 2 is 1.95 bits per heavy atom. The van der Waals surface area contributed by atoms with Crippen LogP contribution in [-0.4, -0.2) is 57.1 Å². The Hall–Kier alpha value is -5.38. The monoisotopic (exact) mass is 580 g/mol. The summed E-state index contributed by atoms with van der Waals surface area (Å²) in [6.45, 7) is 0.435. The van der Waals surface area contributed by atoms with Gasteiger partial charge in [-0.05, 0) is 42.0 Å². The number of morpholine rings is 1. The smallest absolute Gasteiger partial charge is 0.260 e. The van der Waals surface area contributed by atoms with Crippen LogP contribution in [0.3, 0.4) is 0 Å². The Bertz CT molecular complexity index is 1820. The number of halogens is 1. The zero-order valence-electron chi connectivity index (χ0n) is 22.9. The largest absolute Gasteiger partial charge is 0.497 e. The summed E-state index contributed by atoms with van der Waals surface area (Å²) in [5.74, 6) is -0.181. The maximum atomic E-state index is 15.3. The summed E-state index contributed by atoms with van der Waals surface area (Å²) in [6, 6.07) is 18.4. The van der Waals surface area contributed by atoms with E-state index in [4.69, 9.17) is 14.2 Å².